The number of carbonyl (C=O) groups is 1. The Bertz CT molecular complexity index is 2000. The number of hydrogen-bond donors (Lipinski definition) is 2. The van der Waals surface area contributed by atoms with Crippen LogP contribution >= 0.6 is 0 Å². The van der Waals surface area contributed by atoms with Crippen LogP contribution in [0.5, 0.6) is 0 Å². The molecular weight excluding hydrogens is 516 g/mol. The van der Waals surface area contributed by atoms with E-state index in [1.165, 1.54) is 9.08 Å². The van der Waals surface area contributed by atoms with Crippen molar-refractivity contribution in [2.24, 2.45) is 7.05 Å². The highest BCUT2D eigenvalue weighted by atomic mass is 16.2. The van der Waals surface area contributed by atoms with Gasteiger partial charge in [-0.05, 0) is 43.5 Å². The summed E-state index contributed by atoms with van der Waals surface area (Å²) in [5.41, 5.74) is 8.97. The molecule has 0 aliphatic carbocycles. The minimum Gasteiger partial charge on any atom is -0.381 e. The summed E-state index contributed by atoms with van der Waals surface area (Å²) < 4.78 is 4.65. The van der Waals surface area contributed by atoms with Gasteiger partial charge < -0.3 is 11.1 Å². The fraction of sp³-hybridized carbons (Fsp3) is 0.129. The van der Waals surface area contributed by atoms with E-state index in [-0.39, 0.29) is 16.9 Å². The number of rotatable bonds is 6. The van der Waals surface area contributed by atoms with Crippen LogP contribution in [-0.2, 0) is 7.05 Å². The first-order valence-corrected chi connectivity index (χ1v) is 12.8. The predicted molar refractivity (Wildman–Crippen MR) is 160 cm³/mol. The number of aryl methyl sites for hydroxylation is 2. The fourth-order valence-electron chi connectivity index (χ4n) is 4.49. The quantitative estimate of drug-likeness (QED) is 0.248. The molecular formula is C31H28N8O2. The van der Waals surface area contributed by atoms with Gasteiger partial charge in [0.25, 0.3) is 11.5 Å². The summed E-state index contributed by atoms with van der Waals surface area (Å²) >= 11 is 0. The Balaban J connectivity index is 1.60. The Morgan fingerprint density at radius 1 is 1.20 bits per heavy atom. The Morgan fingerprint density at radius 3 is 2.78 bits per heavy atom. The molecule has 1 aromatic carbocycles. The molecule has 0 saturated heterocycles. The third-order valence-corrected chi connectivity index (χ3v) is 6.42. The number of fused-ring (bicyclic) bond motifs is 2. The molecule has 5 rings (SSSR count). The van der Waals surface area contributed by atoms with Crippen LogP contribution in [-0.4, -0.2) is 34.9 Å². The maximum atomic E-state index is 14.0. The molecule has 0 radical (unpaired) electrons. The molecule has 41 heavy (non-hydrogen) atoms. The van der Waals surface area contributed by atoms with Crippen molar-refractivity contribution in [2.75, 3.05) is 5.73 Å². The third kappa shape index (κ3) is 5.42. The van der Waals surface area contributed by atoms with Crippen molar-refractivity contribution in [2.45, 2.75) is 19.9 Å². The van der Waals surface area contributed by atoms with Crippen LogP contribution in [0.2, 0.25) is 0 Å². The number of nitrogens with two attached hydrogens (primary N) is 1. The number of carbonyl (C=O) groups excluding carboxylic acids is 1. The number of nitrogens with one attached hydrogen (secondary N) is 1. The molecule has 0 aliphatic rings. The summed E-state index contributed by atoms with van der Waals surface area (Å²) in [5, 5.41) is 12.5. The normalized spacial score (nSPS) is 12.2. The Labute approximate surface area is 236 Å². The largest absolute Gasteiger partial charge is 0.381 e. The van der Waals surface area contributed by atoms with Crippen molar-refractivity contribution in [3.8, 4) is 11.8 Å². The molecule has 1 atom stereocenters. The molecule has 0 fully saturated rings. The number of nitrogens with zero attached hydrogens (tertiary/aromatic N) is 6. The van der Waals surface area contributed by atoms with E-state index in [4.69, 9.17) is 5.73 Å². The van der Waals surface area contributed by atoms with Crippen molar-refractivity contribution in [1.29, 1.82) is 0 Å². The summed E-state index contributed by atoms with van der Waals surface area (Å²) in [5.74, 6) is 5.81. The van der Waals surface area contributed by atoms with Crippen LogP contribution in [0.1, 0.15) is 45.8 Å². The lowest BCUT2D eigenvalue weighted by molar-refractivity contribution is 0.0941. The first-order valence-electron chi connectivity index (χ1n) is 12.8. The third-order valence-electron chi connectivity index (χ3n) is 6.42. The van der Waals surface area contributed by atoms with Gasteiger partial charge in [-0.15, -0.1) is 5.10 Å². The first-order chi connectivity index (χ1) is 19.8. The van der Waals surface area contributed by atoms with Gasteiger partial charge in [-0.1, -0.05) is 48.8 Å². The summed E-state index contributed by atoms with van der Waals surface area (Å²) in [7, 11) is 1.82. The molecule has 4 heterocycles. The number of anilines is 1. The molecule has 4 aromatic heterocycles. The summed E-state index contributed by atoms with van der Waals surface area (Å²) in [6, 6.07) is 8.58. The van der Waals surface area contributed by atoms with Gasteiger partial charge in [-0.3, -0.25) is 18.8 Å². The lowest BCUT2D eigenvalue weighted by Crippen LogP contribution is -2.31. The zero-order valence-electron chi connectivity index (χ0n) is 22.9. The SMILES string of the molecule is C=C/C=C\C=C\n1c([C@H](C)NC(=O)c2c(N)nn3ccc(C)nc23)cc2cccc(C#Cc3cnn(C)c3)c2c1=O. The molecule has 10 heteroatoms. The van der Waals surface area contributed by atoms with Crippen molar-refractivity contribution in [1.82, 2.24) is 34.3 Å². The second-order valence-electron chi connectivity index (χ2n) is 9.42. The zero-order chi connectivity index (χ0) is 29.1. The lowest BCUT2D eigenvalue weighted by Gasteiger charge is -2.19. The minimum atomic E-state index is -0.586. The van der Waals surface area contributed by atoms with E-state index in [0.717, 1.165) is 11.3 Å². The number of amides is 1. The number of aromatic nitrogens is 6. The summed E-state index contributed by atoms with van der Waals surface area (Å²) in [4.78, 5) is 31.8. The van der Waals surface area contributed by atoms with Crippen molar-refractivity contribution in [3.63, 3.8) is 0 Å². The Hall–Kier alpha value is -5.69. The van der Waals surface area contributed by atoms with E-state index in [0.29, 0.717) is 27.7 Å². The molecule has 0 bridgehead atoms. The molecule has 204 valence electrons. The van der Waals surface area contributed by atoms with Gasteiger partial charge in [0.2, 0.25) is 0 Å². The molecule has 0 spiro atoms. The topological polar surface area (TPSA) is 125 Å². The predicted octanol–water partition coefficient (Wildman–Crippen LogP) is 3.77. The first kappa shape index (κ1) is 26.9. The van der Waals surface area contributed by atoms with Crippen LogP contribution in [0, 0.1) is 18.8 Å². The van der Waals surface area contributed by atoms with E-state index >= 15 is 0 Å². The van der Waals surface area contributed by atoms with Crippen molar-refractivity contribution in [3.05, 3.63) is 118 Å². The van der Waals surface area contributed by atoms with Crippen LogP contribution in [0.3, 0.4) is 0 Å². The van der Waals surface area contributed by atoms with Crippen LogP contribution in [0.25, 0.3) is 22.6 Å². The van der Waals surface area contributed by atoms with Crippen molar-refractivity contribution < 1.29 is 4.79 Å². The van der Waals surface area contributed by atoms with Gasteiger partial charge in [0.15, 0.2) is 11.5 Å². The summed E-state index contributed by atoms with van der Waals surface area (Å²) in [6.07, 6.45) is 13.7. The van der Waals surface area contributed by atoms with E-state index < -0.39 is 11.9 Å². The number of nitrogen functional groups attached to an aromatic ring is 1. The second-order valence-corrected chi connectivity index (χ2v) is 9.42. The molecule has 10 nitrogen and oxygen atoms in total. The average molecular weight is 545 g/mol. The van der Waals surface area contributed by atoms with E-state index in [9.17, 15) is 9.59 Å². The smallest absolute Gasteiger partial charge is 0.264 e. The Kier molecular flexibility index (Phi) is 7.35. The number of hydrogen-bond acceptors (Lipinski definition) is 6. The Morgan fingerprint density at radius 2 is 2.02 bits per heavy atom. The molecule has 0 unspecified atom stereocenters. The minimum absolute atomic E-state index is 0.0648. The van der Waals surface area contributed by atoms with Crippen LogP contribution in [0.4, 0.5) is 5.82 Å². The maximum absolute atomic E-state index is 14.0. The molecule has 1 amide bonds. The fourth-order valence-corrected chi connectivity index (χ4v) is 4.49. The highest BCUT2D eigenvalue weighted by Gasteiger charge is 2.23. The highest BCUT2D eigenvalue weighted by Crippen LogP contribution is 2.23. The van der Waals surface area contributed by atoms with Gasteiger partial charge in [0, 0.05) is 42.6 Å². The molecule has 0 saturated carbocycles. The number of pyridine rings is 1. The zero-order valence-corrected chi connectivity index (χ0v) is 22.9. The maximum Gasteiger partial charge on any atom is 0.264 e. The highest BCUT2D eigenvalue weighted by molar-refractivity contribution is 6.04. The molecule has 3 N–H and O–H groups in total. The van der Waals surface area contributed by atoms with Gasteiger partial charge >= 0.3 is 0 Å². The van der Waals surface area contributed by atoms with Crippen LogP contribution in [0.15, 0.2) is 84.6 Å². The van der Waals surface area contributed by atoms with Crippen LogP contribution < -0.4 is 16.6 Å². The standard InChI is InChI=1S/C31H28N8O2/c1-5-6-7-8-15-38-25(21(3)35-30(40)27-28(32)36-39-16-14-20(2)34-29(27)39)17-24-11-9-10-23(26(24)31(38)41)13-12-22-18-33-37(4)19-22/h5-11,14-19,21H,1H2,2-4H3,(H2,32,36)(H,35,40)/b7-6-,15-8+/t21-/m0/s1. The second kappa shape index (κ2) is 11.2. The lowest BCUT2D eigenvalue weighted by atomic mass is 10.0. The molecule has 0 aliphatic heterocycles. The van der Waals surface area contributed by atoms with Crippen molar-refractivity contribution >= 4 is 34.3 Å². The van der Waals surface area contributed by atoms with Gasteiger partial charge in [0.1, 0.15) is 5.56 Å². The number of allylic oxidation sites excluding steroid dienone is 4. The average Bonchev–Trinajstić information content (AvgIpc) is 3.51. The number of benzene rings is 1. The van der Waals surface area contributed by atoms with E-state index in [1.807, 2.05) is 38.2 Å². The van der Waals surface area contributed by atoms with Gasteiger partial charge in [-0.25, -0.2) is 9.50 Å². The van der Waals surface area contributed by atoms with Gasteiger partial charge in [-0.2, -0.15) is 5.10 Å². The molecule has 5 aromatic rings. The summed E-state index contributed by atoms with van der Waals surface area (Å²) in [6.45, 7) is 7.30. The van der Waals surface area contributed by atoms with E-state index in [1.54, 1.807) is 66.8 Å². The van der Waals surface area contributed by atoms with Gasteiger partial charge in [0.05, 0.1) is 23.2 Å². The monoisotopic (exact) mass is 544 g/mol. The van der Waals surface area contributed by atoms with E-state index in [2.05, 4.69) is 38.9 Å².